The van der Waals surface area contributed by atoms with Crippen molar-refractivity contribution in [3.63, 3.8) is 0 Å². The van der Waals surface area contributed by atoms with Gasteiger partial charge in [0.15, 0.2) is 0 Å². The molecular weight excluding hydrogens is 391 g/mol. The van der Waals surface area contributed by atoms with Crippen molar-refractivity contribution in [1.29, 1.82) is 0 Å². The summed E-state index contributed by atoms with van der Waals surface area (Å²) >= 11 is 13.5. The lowest BCUT2D eigenvalue weighted by molar-refractivity contribution is 0.154. The zero-order chi connectivity index (χ0) is 18.4. The van der Waals surface area contributed by atoms with Crippen molar-refractivity contribution in [1.82, 2.24) is 4.98 Å². The summed E-state index contributed by atoms with van der Waals surface area (Å²) in [5.41, 5.74) is 1.40. The van der Waals surface area contributed by atoms with E-state index in [4.69, 9.17) is 27.9 Å². The molecule has 7 heteroatoms. The Kier molecular flexibility index (Phi) is 6.39. The van der Waals surface area contributed by atoms with Crippen molar-refractivity contribution < 1.29 is 9.53 Å². The third kappa shape index (κ3) is 5.14. The molecule has 26 heavy (non-hydrogen) atoms. The van der Waals surface area contributed by atoms with E-state index in [1.165, 1.54) is 11.8 Å². The predicted octanol–water partition coefficient (Wildman–Crippen LogP) is 6.29. The number of aromatic nitrogens is 1. The number of pyridine rings is 1. The van der Waals surface area contributed by atoms with Crippen LogP contribution >= 0.6 is 35.0 Å². The summed E-state index contributed by atoms with van der Waals surface area (Å²) in [6.07, 6.45) is 1.14. The second-order valence-corrected chi connectivity index (χ2v) is 7.08. The van der Waals surface area contributed by atoms with Crippen molar-refractivity contribution in [3.8, 4) is 0 Å². The Labute approximate surface area is 165 Å². The predicted molar refractivity (Wildman–Crippen MR) is 105 cm³/mol. The largest absolute Gasteiger partial charge is 0.444 e. The summed E-state index contributed by atoms with van der Waals surface area (Å²) in [6.45, 7) is 0.0973. The third-order valence-electron chi connectivity index (χ3n) is 3.34. The smallest absolute Gasteiger partial charge is 0.411 e. The maximum atomic E-state index is 12.0. The van der Waals surface area contributed by atoms with Gasteiger partial charge in [0.2, 0.25) is 0 Å². The average Bonchev–Trinajstić information content (AvgIpc) is 2.65. The summed E-state index contributed by atoms with van der Waals surface area (Å²) in [4.78, 5) is 17.2. The van der Waals surface area contributed by atoms with Gasteiger partial charge in [-0.2, -0.15) is 0 Å². The fraction of sp³-hybridized carbons (Fsp3) is 0.0526. The first-order valence-corrected chi connectivity index (χ1v) is 9.24. The van der Waals surface area contributed by atoms with Gasteiger partial charge in [-0.3, -0.25) is 5.32 Å². The van der Waals surface area contributed by atoms with E-state index in [0.29, 0.717) is 15.7 Å². The summed E-state index contributed by atoms with van der Waals surface area (Å²) in [5, 5.41) is 4.63. The molecule has 0 aliphatic heterocycles. The number of nitrogens with zero attached hydrogens (tertiary/aromatic N) is 1. The van der Waals surface area contributed by atoms with E-state index in [1.807, 2.05) is 30.3 Å². The fourth-order valence-electron chi connectivity index (χ4n) is 2.09. The molecule has 0 aliphatic carbocycles. The molecule has 4 nitrogen and oxygen atoms in total. The summed E-state index contributed by atoms with van der Waals surface area (Å²) in [7, 11) is 0. The monoisotopic (exact) mass is 404 g/mol. The number of ether oxygens (including phenoxy) is 1. The van der Waals surface area contributed by atoms with Gasteiger partial charge in [-0.05, 0) is 42.5 Å². The Bertz CT molecular complexity index is 904. The molecule has 3 aromatic rings. The van der Waals surface area contributed by atoms with Gasteiger partial charge < -0.3 is 4.74 Å². The second-order valence-electron chi connectivity index (χ2n) is 5.21. The normalized spacial score (nSPS) is 10.4. The minimum atomic E-state index is -0.551. The topological polar surface area (TPSA) is 51.2 Å². The van der Waals surface area contributed by atoms with Gasteiger partial charge in [0.25, 0.3) is 0 Å². The minimum absolute atomic E-state index is 0.0973. The number of carbonyl (C=O) groups is 1. The molecule has 0 fully saturated rings. The molecule has 0 saturated heterocycles. The lowest BCUT2D eigenvalue weighted by Crippen LogP contribution is -2.13. The summed E-state index contributed by atoms with van der Waals surface area (Å²) in [5.74, 6) is 0. The number of hydrogen-bond donors (Lipinski definition) is 1. The highest BCUT2D eigenvalue weighted by Crippen LogP contribution is 2.33. The van der Waals surface area contributed by atoms with Gasteiger partial charge in [0.05, 0.1) is 5.02 Å². The Morgan fingerprint density at radius 2 is 1.81 bits per heavy atom. The van der Waals surface area contributed by atoms with Gasteiger partial charge >= 0.3 is 6.09 Å². The highest BCUT2D eigenvalue weighted by molar-refractivity contribution is 7.99. The van der Waals surface area contributed by atoms with Gasteiger partial charge in [0.1, 0.15) is 11.6 Å². The molecule has 1 aromatic heterocycles. The number of rotatable bonds is 5. The molecule has 1 N–H and O–H groups in total. The van der Waals surface area contributed by atoms with Crippen LogP contribution in [-0.4, -0.2) is 11.1 Å². The number of benzene rings is 2. The minimum Gasteiger partial charge on any atom is -0.444 e. The van der Waals surface area contributed by atoms with Crippen LogP contribution in [0.1, 0.15) is 5.56 Å². The molecule has 132 valence electrons. The zero-order valence-electron chi connectivity index (χ0n) is 13.5. The van der Waals surface area contributed by atoms with Crippen molar-refractivity contribution >= 4 is 46.7 Å². The van der Waals surface area contributed by atoms with E-state index in [-0.39, 0.29) is 6.61 Å². The van der Waals surface area contributed by atoms with Crippen LogP contribution < -0.4 is 5.32 Å². The number of nitrogens with one attached hydrogen (secondary N) is 1. The van der Waals surface area contributed by atoms with Crippen LogP contribution in [0.2, 0.25) is 10.0 Å². The molecule has 0 atom stereocenters. The lowest BCUT2D eigenvalue weighted by Gasteiger charge is -2.10. The van der Waals surface area contributed by atoms with Gasteiger partial charge in [-0.1, -0.05) is 53.2 Å². The Morgan fingerprint density at radius 1 is 1.04 bits per heavy atom. The van der Waals surface area contributed by atoms with Crippen molar-refractivity contribution in [2.45, 2.75) is 16.5 Å². The van der Waals surface area contributed by atoms with Gasteiger partial charge in [-0.25, -0.2) is 9.78 Å². The molecule has 0 spiro atoms. The Hall–Kier alpha value is -2.21. The molecule has 0 saturated carbocycles. The third-order valence-corrected chi connectivity index (χ3v) is 5.17. The lowest BCUT2D eigenvalue weighted by atomic mass is 10.3. The molecule has 1 amide bonds. The van der Waals surface area contributed by atoms with Gasteiger partial charge in [-0.15, -0.1) is 0 Å². The van der Waals surface area contributed by atoms with Crippen LogP contribution in [0.4, 0.5) is 10.5 Å². The van der Waals surface area contributed by atoms with E-state index in [2.05, 4.69) is 10.3 Å². The van der Waals surface area contributed by atoms with Crippen LogP contribution in [-0.2, 0) is 11.3 Å². The molecule has 2 aromatic carbocycles. The molecule has 0 radical (unpaired) electrons. The van der Waals surface area contributed by atoms with Crippen LogP contribution in [0.25, 0.3) is 0 Å². The molecule has 0 unspecified atom stereocenters. The molecular formula is C19H14Cl2N2O2S. The first-order valence-electron chi connectivity index (χ1n) is 7.67. The van der Waals surface area contributed by atoms with Crippen LogP contribution in [0, 0.1) is 0 Å². The number of anilines is 1. The maximum absolute atomic E-state index is 12.0. The quantitative estimate of drug-likeness (QED) is 0.542. The van der Waals surface area contributed by atoms with E-state index in [9.17, 15) is 4.79 Å². The molecule has 0 bridgehead atoms. The van der Waals surface area contributed by atoms with Crippen molar-refractivity contribution in [3.05, 3.63) is 82.5 Å². The second kappa shape index (κ2) is 8.94. The standard InChI is InChI=1S/C19H14Cl2N2O2S/c20-14-7-9-15(10-8-14)23-19(24)25-12-13-4-3-11-22-18(13)26-17-6-2-1-5-16(17)21/h1-11H,12H2,(H,23,24). The van der Waals surface area contributed by atoms with E-state index in [0.717, 1.165) is 15.5 Å². The zero-order valence-corrected chi connectivity index (χ0v) is 15.8. The van der Waals surface area contributed by atoms with Crippen LogP contribution in [0.5, 0.6) is 0 Å². The van der Waals surface area contributed by atoms with E-state index >= 15 is 0 Å². The number of amides is 1. The SMILES string of the molecule is O=C(Nc1ccc(Cl)cc1)OCc1cccnc1Sc1ccccc1Cl. The van der Waals surface area contributed by atoms with Crippen molar-refractivity contribution in [2.75, 3.05) is 5.32 Å². The van der Waals surface area contributed by atoms with Crippen LogP contribution in [0.3, 0.4) is 0 Å². The Morgan fingerprint density at radius 3 is 2.58 bits per heavy atom. The first kappa shape index (κ1) is 18.6. The fourth-order valence-corrected chi connectivity index (χ4v) is 3.36. The van der Waals surface area contributed by atoms with Crippen LogP contribution in [0.15, 0.2) is 76.8 Å². The molecule has 0 aliphatic rings. The molecule has 1 heterocycles. The Balaban J connectivity index is 1.64. The highest BCUT2D eigenvalue weighted by Gasteiger charge is 2.11. The van der Waals surface area contributed by atoms with Gasteiger partial charge in [0, 0.05) is 27.4 Å². The maximum Gasteiger partial charge on any atom is 0.411 e. The average molecular weight is 405 g/mol. The first-order chi connectivity index (χ1) is 12.6. The number of carbonyl (C=O) groups excluding carboxylic acids is 1. The van der Waals surface area contributed by atoms with Crippen molar-refractivity contribution in [2.24, 2.45) is 0 Å². The van der Waals surface area contributed by atoms with E-state index < -0.39 is 6.09 Å². The van der Waals surface area contributed by atoms with E-state index in [1.54, 1.807) is 36.5 Å². The highest BCUT2D eigenvalue weighted by atomic mass is 35.5. The summed E-state index contributed by atoms with van der Waals surface area (Å²) in [6, 6.07) is 18.0. The number of halogens is 2. The molecule has 3 rings (SSSR count). The number of hydrogen-bond acceptors (Lipinski definition) is 4. The summed E-state index contributed by atoms with van der Waals surface area (Å²) < 4.78 is 5.30.